The van der Waals surface area contributed by atoms with E-state index in [1.807, 2.05) is 72.8 Å². The van der Waals surface area contributed by atoms with Crippen molar-refractivity contribution in [2.75, 3.05) is 0 Å². The van der Waals surface area contributed by atoms with Gasteiger partial charge in [0.25, 0.3) is 11.4 Å². The summed E-state index contributed by atoms with van der Waals surface area (Å²) >= 11 is 2.14. The highest BCUT2D eigenvalue weighted by Gasteiger charge is 2.31. The number of nitriles is 2. The molecule has 0 bridgehead atoms. The quantitative estimate of drug-likeness (QED) is 0.107. The van der Waals surface area contributed by atoms with Gasteiger partial charge in [0, 0.05) is 43.2 Å². The Morgan fingerprint density at radius 1 is 0.500 bits per heavy atom. The lowest BCUT2D eigenvalue weighted by Crippen LogP contribution is -1.98. The maximum atomic E-state index is 13.7. The highest BCUT2D eigenvalue weighted by molar-refractivity contribution is 8.14. The Morgan fingerprint density at radius 2 is 0.854 bits per heavy atom. The Kier molecular flexibility index (Phi) is 7.82. The molecule has 7 rings (SSSR count). The molecule has 0 heterocycles. The van der Waals surface area contributed by atoms with Crippen LogP contribution in [0.2, 0.25) is 0 Å². The lowest BCUT2D eigenvalue weighted by atomic mass is 9.99. The highest BCUT2D eigenvalue weighted by Crippen LogP contribution is 2.49. The normalized spacial score (nSPS) is 13.8. The van der Waals surface area contributed by atoms with E-state index in [2.05, 4.69) is 9.69 Å². The predicted octanol–water partition coefficient (Wildman–Crippen LogP) is 9.92. The van der Waals surface area contributed by atoms with Crippen molar-refractivity contribution in [1.82, 2.24) is 0 Å². The maximum absolute atomic E-state index is 13.7. The van der Waals surface area contributed by atoms with Gasteiger partial charge in [-0.25, -0.2) is 20.2 Å². The van der Waals surface area contributed by atoms with Gasteiger partial charge in [-0.2, -0.15) is 0 Å². The van der Waals surface area contributed by atoms with Gasteiger partial charge in [0.1, 0.15) is 0 Å². The molecule has 2 aliphatic carbocycles. The Morgan fingerprint density at radius 3 is 1.21 bits per heavy atom. The number of thioether (sulfide) groups is 2. The Labute approximate surface area is 284 Å². The number of benzene rings is 5. The highest BCUT2D eigenvalue weighted by atomic mass is 32.2. The molecule has 0 atom stereocenters. The van der Waals surface area contributed by atoms with Crippen molar-refractivity contribution >= 4 is 44.9 Å². The first-order valence-corrected chi connectivity index (χ1v) is 16.2. The Hall–Kier alpha value is -6.42. The molecule has 2 aliphatic rings. The Balaban J connectivity index is 1.15. The molecule has 0 radical (unpaired) electrons. The van der Waals surface area contributed by atoms with Gasteiger partial charge in [-0.1, -0.05) is 72.8 Å². The average Bonchev–Trinajstić information content (AvgIpc) is 3.64. The molecule has 0 spiro atoms. The minimum Gasteiger partial charge on any atom is -0.281 e. The topological polar surface area (TPSA) is 90.4 Å². The SMILES string of the molecule is [C-]#[N+]/C(C#N)=C1/c2ccccc2-c2c(C(=O)Sc3ccc(SC(=O)c4cccc5c4-c4ccccc4/C5=C(/C#N)[N+]#[C-])cc3)cccc21. The van der Waals surface area contributed by atoms with Crippen LogP contribution >= 0.6 is 23.5 Å². The predicted molar refractivity (Wildman–Crippen MR) is 187 cm³/mol. The second-order valence-corrected chi connectivity index (χ2v) is 12.8. The summed E-state index contributed by atoms with van der Waals surface area (Å²) in [5.74, 6) is 0. The van der Waals surface area contributed by atoms with Gasteiger partial charge < -0.3 is 0 Å². The van der Waals surface area contributed by atoms with Crippen LogP contribution in [0, 0.1) is 35.8 Å². The summed E-state index contributed by atoms with van der Waals surface area (Å²) in [4.78, 5) is 35.7. The van der Waals surface area contributed by atoms with Crippen molar-refractivity contribution in [2.45, 2.75) is 9.79 Å². The first kappa shape index (κ1) is 30.2. The fraction of sp³-hybridized carbons (Fsp3) is 0. The van der Waals surface area contributed by atoms with E-state index >= 15 is 0 Å². The molecule has 0 fully saturated rings. The fourth-order valence-corrected chi connectivity index (χ4v) is 7.79. The molecule has 0 amide bonds. The second-order valence-electron chi connectivity index (χ2n) is 10.7. The average molecular weight is 651 g/mol. The molecule has 5 aromatic carbocycles. The van der Waals surface area contributed by atoms with Crippen molar-refractivity contribution in [3.05, 3.63) is 177 Å². The fourth-order valence-electron chi connectivity index (χ4n) is 6.25. The van der Waals surface area contributed by atoms with Crippen molar-refractivity contribution in [1.29, 1.82) is 10.5 Å². The summed E-state index contributed by atoms with van der Waals surface area (Å²) in [5.41, 5.74) is 7.96. The van der Waals surface area contributed by atoms with Gasteiger partial charge in [-0.3, -0.25) is 9.59 Å². The molecule has 8 heteroatoms. The zero-order valence-corrected chi connectivity index (χ0v) is 26.4. The summed E-state index contributed by atoms with van der Waals surface area (Å²) in [5, 5.41) is 18.9. The van der Waals surface area contributed by atoms with E-state index in [-0.39, 0.29) is 21.6 Å². The third-order valence-corrected chi connectivity index (χ3v) is 10.0. The third-order valence-electron chi connectivity index (χ3n) is 8.19. The molecule has 0 aromatic heterocycles. The monoisotopic (exact) mass is 650 g/mol. The van der Waals surface area contributed by atoms with E-state index in [0.717, 1.165) is 45.8 Å². The number of hydrogen-bond donors (Lipinski definition) is 0. The van der Waals surface area contributed by atoms with Crippen LogP contribution in [-0.2, 0) is 0 Å². The summed E-state index contributed by atoms with van der Waals surface area (Å²) in [6, 6.07) is 36.9. The van der Waals surface area contributed by atoms with Crippen LogP contribution in [0.5, 0.6) is 0 Å². The summed E-state index contributed by atoms with van der Waals surface area (Å²) in [6.07, 6.45) is 0. The zero-order chi connectivity index (χ0) is 33.4. The van der Waals surface area contributed by atoms with Crippen molar-refractivity contribution in [3.63, 3.8) is 0 Å². The molecule has 0 unspecified atom stereocenters. The number of allylic oxidation sites excluding steroid dienone is 2. The van der Waals surface area contributed by atoms with Gasteiger partial charge in [0.2, 0.25) is 10.2 Å². The first-order chi connectivity index (χ1) is 23.5. The molecule has 0 N–H and O–H groups in total. The number of nitrogens with zero attached hydrogens (tertiary/aromatic N) is 4. The third kappa shape index (κ3) is 4.91. The minimum absolute atomic E-state index is 0.0158. The summed E-state index contributed by atoms with van der Waals surface area (Å²) < 4.78 is 0. The van der Waals surface area contributed by atoms with E-state index in [9.17, 15) is 20.1 Å². The lowest BCUT2D eigenvalue weighted by Gasteiger charge is -2.10. The zero-order valence-electron chi connectivity index (χ0n) is 24.8. The van der Waals surface area contributed by atoms with E-state index in [1.54, 1.807) is 48.5 Å². The first-order valence-electron chi connectivity index (χ1n) is 14.5. The molecule has 5 aromatic rings. The number of carbonyl (C=O) groups excluding carboxylic acids is 2. The number of carbonyl (C=O) groups is 2. The van der Waals surface area contributed by atoms with Crippen LogP contribution < -0.4 is 0 Å². The van der Waals surface area contributed by atoms with Crippen molar-refractivity contribution in [2.24, 2.45) is 0 Å². The number of hydrogen-bond acceptors (Lipinski definition) is 6. The van der Waals surface area contributed by atoms with Gasteiger partial charge in [0.15, 0.2) is 0 Å². The smallest absolute Gasteiger partial charge is 0.270 e. The van der Waals surface area contributed by atoms with Gasteiger partial charge in [-0.05, 0) is 93.3 Å². The van der Waals surface area contributed by atoms with Crippen LogP contribution in [0.25, 0.3) is 43.1 Å². The maximum Gasteiger partial charge on any atom is 0.270 e. The van der Waals surface area contributed by atoms with E-state index in [0.29, 0.717) is 54.3 Å². The largest absolute Gasteiger partial charge is 0.281 e. The molecule has 48 heavy (non-hydrogen) atoms. The summed E-state index contributed by atoms with van der Waals surface area (Å²) in [6.45, 7) is 15.1. The van der Waals surface area contributed by atoms with Crippen LogP contribution in [0.4, 0.5) is 0 Å². The van der Waals surface area contributed by atoms with E-state index in [4.69, 9.17) is 13.1 Å². The van der Waals surface area contributed by atoms with Gasteiger partial charge >= 0.3 is 0 Å². The lowest BCUT2D eigenvalue weighted by molar-refractivity contribution is 0.108. The Bertz CT molecular complexity index is 2280. The van der Waals surface area contributed by atoms with E-state index < -0.39 is 0 Å². The summed E-state index contributed by atoms with van der Waals surface area (Å²) in [7, 11) is 0. The van der Waals surface area contributed by atoms with Crippen LogP contribution in [0.1, 0.15) is 43.0 Å². The van der Waals surface area contributed by atoms with Crippen molar-refractivity contribution in [3.8, 4) is 34.4 Å². The molecule has 0 aliphatic heterocycles. The van der Waals surface area contributed by atoms with E-state index in [1.165, 1.54) is 0 Å². The minimum atomic E-state index is -0.181. The molecular weight excluding hydrogens is 633 g/mol. The molecular formula is C40H18N4O2S2. The molecule has 6 nitrogen and oxygen atoms in total. The molecule has 0 saturated carbocycles. The van der Waals surface area contributed by atoms with Crippen LogP contribution in [0.15, 0.2) is 130 Å². The molecule has 222 valence electrons. The van der Waals surface area contributed by atoms with Crippen LogP contribution in [0.3, 0.4) is 0 Å². The second kappa shape index (κ2) is 12.4. The molecule has 0 saturated heterocycles. The van der Waals surface area contributed by atoms with Crippen LogP contribution in [-0.4, -0.2) is 10.2 Å². The van der Waals surface area contributed by atoms with Gasteiger partial charge in [0.05, 0.1) is 25.3 Å². The number of fused-ring (bicyclic) bond motifs is 6. The standard InChI is InChI=1S/C40H18N4O2S2/c1-43-33(21-41)37-27-11-5-3-9-25(27)35-29(37)13-7-15-31(35)39(45)47-23-17-19-24(20-18-23)48-40(46)32-16-8-14-30-36(32)26-10-4-6-12-28(26)38(30)34(22-42)44-2/h3-20H/b37-33-,38-34+. The van der Waals surface area contributed by atoms with Gasteiger partial charge in [-0.15, -0.1) is 0 Å². The number of rotatable bonds is 4. The van der Waals surface area contributed by atoms with Crippen molar-refractivity contribution < 1.29 is 9.59 Å².